The van der Waals surface area contributed by atoms with Gasteiger partial charge in [0.2, 0.25) is 0 Å². The zero-order chi connectivity index (χ0) is 12.2. The quantitative estimate of drug-likeness (QED) is 0.504. The molecular weight excluding hydrogens is 196 g/mol. The lowest BCUT2D eigenvalue weighted by Gasteiger charge is -2.09. The van der Waals surface area contributed by atoms with E-state index in [0.717, 1.165) is 5.92 Å². The largest absolute Gasteiger partial charge is 0.396 e. The molecule has 0 saturated heterocycles. The minimum atomic E-state index is 0.356. The van der Waals surface area contributed by atoms with Crippen LogP contribution in [0.1, 0.15) is 78.6 Å². The Bertz CT molecular complexity index is 133. The first-order valence-electron chi connectivity index (χ1n) is 7.31. The molecule has 16 heavy (non-hydrogen) atoms. The molecule has 1 N–H and O–H groups in total. The summed E-state index contributed by atoms with van der Waals surface area (Å²) in [7, 11) is 0. The Morgan fingerprint density at radius 1 is 0.750 bits per heavy atom. The summed E-state index contributed by atoms with van der Waals surface area (Å²) in [4.78, 5) is 0. The van der Waals surface area contributed by atoms with Crippen LogP contribution in [0.15, 0.2) is 0 Å². The Morgan fingerprint density at radius 3 is 1.75 bits per heavy atom. The Kier molecular flexibility index (Phi) is 11.4. The van der Waals surface area contributed by atoms with E-state index in [1.807, 2.05) is 0 Å². The van der Waals surface area contributed by atoms with Crippen LogP contribution in [0.2, 0.25) is 0 Å². The average Bonchev–Trinajstić information content (AvgIpc) is 2.27. The van der Waals surface area contributed by atoms with Crippen molar-refractivity contribution in [2.45, 2.75) is 78.6 Å². The normalized spacial score (nSPS) is 15.0. The van der Waals surface area contributed by atoms with Gasteiger partial charge in [-0.25, -0.2) is 0 Å². The Labute approximate surface area is 103 Å². The standard InChI is InChI=1S/C15H32O/c1-4-10-14(2)11-8-6-5-7-9-12-15(3)13-16/h14-16H,4-13H2,1-3H3. The van der Waals surface area contributed by atoms with Crippen LogP contribution in [-0.2, 0) is 0 Å². The van der Waals surface area contributed by atoms with E-state index >= 15 is 0 Å². The van der Waals surface area contributed by atoms with Crippen LogP contribution in [0, 0.1) is 11.8 Å². The van der Waals surface area contributed by atoms with Gasteiger partial charge in [0.25, 0.3) is 0 Å². The zero-order valence-corrected chi connectivity index (χ0v) is 11.7. The third kappa shape index (κ3) is 10.5. The molecule has 0 heterocycles. The van der Waals surface area contributed by atoms with Gasteiger partial charge >= 0.3 is 0 Å². The fraction of sp³-hybridized carbons (Fsp3) is 1.00. The lowest BCUT2D eigenvalue weighted by molar-refractivity contribution is 0.227. The molecule has 0 aromatic heterocycles. The second-order valence-corrected chi connectivity index (χ2v) is 5.53. The van der Waals surface area contributed by atoms with Crippen LogP contribution in [0.25, 0.3) is 0 Å². The fourth-order valence-corrected chi connectivity index (χ4v) is 2.24. The van der Waals surface area contributed by atoms with Crippen molar-refractivity contribution in [3.63, 3.8) is 0 Å². The molecule has 1 nitrogen and oxygen atoms in total. The van der Waals surface area contributed by atoms with Crippen molar-refractivity contribution in [2.24, 2.45) is 11.8 Å². The van der Waals surface area contributed by atoms with Gasteiger partial charge in [0.15, 0.2) is 0 Å². The Hall–Kier alpha value is -0.0400. The molecule has 0 radical (unpaired) electrons. The van der Waals surface area contributed by atoms with Crippen molar-refractivity contribution < 1.29 is 5.11 Å². The maximum atomic E-state index is 8.89. The number of hydrogen-bond acceptors (Lipinski definition) is 1. The SMILES string of the molecule is CCCC(C)CCCCCCCC(C)CO. The molecule has 1 heteroatoms. The van der Waals surface area contributed by atoms with Gasteiger partial charge < -0.3 is 5.11 Å². The number of hydrogen-bond donors (Lipinski definition) is 1. The number of rotatable bonds is 11. The molecule has 0 aliphatic carbocycles. The third-order valence-corrected chi connectivity index (χ3v) is 3.49. The molecule has 0 saturated carbocycles. The molecule has 2 unspecified atom stereocenters. The van der Waals surface area contributed by atoms with Gasteiger partial charge in [-0.2, -0.15) is 0 Å². The summed E-state index contributed by atoms with van der Waals surface area (Å²) >= 11 is 0. The second kappa shape index (κ2) is 11.4. The zero-order valence-electron chi connectivity index (χ0n) is 11.7. The molecule has 98 valence electrons. The van der Waals surface area contributed by atoms with Gasteiger partial charge in [0.05, 0.1) is 0 Å². The summed E-state index contributed by atoms with van der Waals surface area (Å²) < 4.78 is 0. The number of aliphatic hydroxyl groups is 1. The van der Waals surface area contributed by atoms with E-state index in [1.54, 1.807) is 0 Å². The molecule has 0 fully saturated rings. The molecule has 0 aromatic rings. The molecular formula is C15H32O. The first kappa shape index (κ1) is 16.0. The van der Waals surface area contributed by atoms with E-state index in [0.29, 0.717) is 12.5 Å². The van der Waals surface area contributed by atoms with Crippen molar-refractivity contribution in [3.8, 4) is 0 Å². The summed E-state index contributed by atoms with van der Waals surface area (Å²) in [5, 5.41) is 8.89. The fourth-order valence-electron chi connectivity index (χ4n) is 2.24. The summed E-state index contributed by atoms with van der Waals surface area (Å²) in [6.45, 7) is 7.15. The Morgan fingerprint density at radius 2 is 1.25 bits per heavy atom. The maximum Gasteiger partial charge on any atom is 0.0456 e. The first-order valence-corrected chi connectivity index (χ1v) is 7.31. The van der Waals surface area contributed by atoms with E-state index in [4.69, 9.17) is 5.11 Å². The van der Waals surface area contributed by atoms with Crippen molar-refractivity contribution in [2.75, 3.05) is 6.61 Å². The van der Waals surface area contributed by atoms with Crippen LogP contribution in [0.5, 0.6) is 0 Å². The van der Waals surface area contributed by atoms with Crippen LogP contribution in [0.3, 0.4) is 0 Å². The number of aliphatic hydroxyl groups excluding tert-OH is 1. The minimum absolute atomic E-state index is 0.356. The lowest BCUT2D eigenvalue weighted by atomic mass is 9.97. The van der Waals surface area contributed by atoms with Gasteiger partial charge in [-0.1, -0.05) is 72.1 Å². The highest BCUT2D eigenvalue weighted by Gasteiger charge is 2.01. The van der Waals surface area contributed by atoms with Crippen LogP contribution < -0.4 is 0 Å². The highest BCUT2D eigenvalue weighted by molar-refractivity contribution is 4.54. The molecule has 0 rings (SSSR count). The Balaban J connectivity index is 3.09. The van der Waals surface area contributed by atoms with Crippen LogP contribution in [-0.4, -0.2) is 11.7 Å². The predicted octanol–water partition coefficient (Wildman–Crippen LogP) is 4.78. The van der Waals surface area contributed by atoms with E-state index in [1.165, 1.54) is 57.8 Å². The van der Waals surface area contributed by atoms with Crippen molar-refractivity contribution >= 4 is 0 Å². The first-order chi connectivity index (χ1) is 7.70. The highest BCUT2D eigenvalue weighted by atomic mass is 16.3. The summed E-state index contributed by atoms with van der Waals surface area (Å²) in [6, 6.07) is 0. The smallest absolute Gasteiger partial charge is 0.0456 e. The van der Waals surface area contributed by atoms with Crippen LogP contribution >= 0.6 is 0 Å². The van der Waals surface area contributed by atoms with E-state index < -0.39 is 0 Å². The third-order valence-electron chi connectivity index (χ3n) is 3.49. The van der Waals surface area contributed by atoms with Crippen molar-refractivity contribution in [1.29, 1.82) is 0 Å². The predicted molar refractivity (Wildman–Crippen MR) is 72.6 cm³/mol. The monoisotopic (exact) mass is 228 g/mol. The second-order valence-electron chi connectivity index (χ2n) is 5.53. The van der Waals surface area contributed by atoms with E-state index in [2.05, 4.69) is 20.8 Å². The van der Waals surface area contributed by atoms with Gasteiger partial charge in [0.1, 0.15) is 0 Å². The topological polar surface area (TPSA) is 20.2 Å². The molecule has 0 aromatic carbocycles. The summed E-state index contributed by atoms with van der Waals surface area (Å²) in [6.07, 6.45) is 12.2. The molecule has 2 atom stereocenters. The van der Waals surface area contributed by atoms with E-state index in [9.17, 15) is 0 Å². The van der Waals surface area contributed by atoms with Gasteiger partial charge in [-0.15, -0.1) is 0 Å². The van der Waals surface area contributed by atoms with Gasteiger partial charge in [-0.3, -0.25) is 0 Å². The van der Waals surface area contributed by atoms with Crippen molar-refractivity contribution in [3.05, 3.63) is 0 Å². The van der Waals surface area contributed by atoms with Gasteiger partial charge in [0, 0.05) is 6.61 Å². The molecule has 0 aliphatic heterocycles. The summed E-state index contributed by atoms with van der Waals surface area (Å²) in [5.74, 6) is 1.43. The van der Waals surface area contributed by atoms with E-state index in [-0.39, 0.29) is 0 Å². The molecule has 0 spiro atoms. The maximum absolute atomic E-state index is 8.89. The average molecular weight is 228 g/mol. The summed E-state index contributed by atoms with van der Waals surface area (Å²) in [5.41, 5.74) is 0. The van der Waals surface area contributed by atoms with Crippen molar-refractivity contribution in [1.82, 2.24) is 0 Å². The molecule has 0 bridgehead atoms. The molecule has 0 amide bonds. The minimum Gasteiger partial charge on any atom is -0.396 e. The molecule has 0 aliphatic rings. The number of unbranched alkanes of at least 4 members (excludes halogenated alkanes) is 4. The van der Waals surface area contributed by atoms with Crippen LogP contribution in [0.4, 0.5) is 0 Å². The van der Waals surface area contributed by atoms with Gasteiger partial charge in [-0.05, 0) is 18.3 Å². The lowest BCUT2D eigenvalue weighted by Crippen LogP contribution is -1.99. The highest BCUT2D eigenvalue weighted by Crippen LogP contribution is 2.16.